The molecule has 0 aromatic carbocycles. The minimum absolute atomic E-state index is 1.01. The van der Waals surface area contributed by atoms with Crippen LogP contribution in [0.15, 0.2) is 0 Å². The monoisotopic (exact) mass is 200 g/mol. The molecule has 14 heavy (non-hydrogen) atoms. The molecule has 1 aliphatic carbocycles. The van der Waals surface area contributed by atoms with Gasteiger partial charge in [-0.3, -0.25) is 0 Å². The highest BCUT2D eigenvalue weighted by Gasteiger charge is 2.28. The molecule has 2 atom stereocenters. The SMILES string of the molecule is CC.CC.CCC1CC(C)CC1CC. The van der Waals surface area contributed by atoms with Crippen LogP contribution in [0.25, 0.3) is 0 Å². The maximum absolute atomic E-state index is 2.40. The summed E-state index contributed by atoms with van der Waals surface area (Å²) in [6.45, 7) is 15.1. The molecule has 0 radical (unpaired) electrons. The average Bonchev–Trinajstić information content (AvgIpc) is 2.64. The van der Waals surface area contributed by atoms with Crippen LogP contribution in [0.4, 0.5) is 0 Å². The van der Waals surface area contributed by atoms with Crippen molar-refractivity contribution in [2.45, 2.75) is 74.1 Å². The van der Waals surface area contributed by atoms with Gasteiger partial charge in [0, 0.05) is 0 Å². The molecule has 1 rings (SSSR count). The molecule has 0 spiro atoms. The van der Waals surface area contributed by atoms with Gasteiger partial charge in [0.1, 0.15) is 0 Å². The quantitative estimate of drug-likeness (QED) is 0.550. The Bertz CT molecular complexity index is 84.2. The van der Waals surface area contributed by atoms with Crippen LogP contribution in [-0.2, 0) is 0 Å². The number of hydrogen-bond donors (Lipinski definition) is 0. The molecule has 0 heterocycles. The highest BCUT2D eigenvalue weighted by molar-refractivity contribution is 4.79. The van der Waals surface area contributed by atoms with E-state index in [1.54, 1.807) is 0 Å². The summed E-state index contributed by atoms with van der Waals surface area (Å²) in [5.41, 5.74) is 0. The minimum Gasteiger partial charge on any atom is -0.0683 e. The molecule has 0 aliphatic heterocycles. The number of hydrogen-bond acceptors (Lipinski definition) is 0. The van der Waals surface area contributed by atoms with E-state index in [2.05, 4.69) is 20.8 Å². The van der Waals surface area contributed by atoms with Gasteiger partial charge in [0.25, 0.3) is 0 Å². The van der Waals surface area contributed by atoms with Gasteiger partial charge in [0.15, 0.2) is 0 Å². The van der Waals surface area contributed by atoms with Gasteiger partial charge >= 0.3 is 0 Å². The number of rotatable bonds is 2. The van der Waals surface area contributed by atoms with Crippen LogP contribution in [0.1, 0.15) is 74.1 Å². The van der Waals surface area contributed by atoms with Crippen molar-refractivity contribution in [2.75, 3.05) is 0 Å². The molecule has 0 amide bonds. The highest BCUT2D eigenvalue weighted by Crippen LogP contribution is 2.39. The van der Waals surface area contributed by atoms with E-state index in [1.165, 1.54) is 25.7 Å². The van der Waals surface area contributed by atoms with Gasteiger partial charge in [0.05, 0.1) is 0 Å². The molecule has 0 N–H and O–H groups in total. The highest BCUT2D eigenvalue weighted by atomic mass is 14.3. The molecule has 0 heteroatoms. The van der Waals surface area contributed by atoms with Crippen LogP contribution in [0, 0.1) is 17.8 Å². The standard InChI is InChI=1S/C10H20.2C2H6/c1-4-9-6-8(3)7-10(9)5-2;2*1-2/h8-10H,4-7H2,1-3H3;2*1-2H3. The van der Waals surface area contributed by atoms with Gasteiger partial charge in [-0.1, -0.05) is 61.3 Å². The normalized spacial score (nSPS) is 29.8. The zero-order chi connectivity index (χ0) is 11.6. The first-order chi connectivity index (χ1) is 6.77. The van der Waals surface area contributed by atoms with E-state index < -0.39 is 0 Å². The van der Waals surface area contributed by atoms with Gasteiger partial charge in [-0.05, 0) is 30.6 Å². The van der Waals surface area contributed by atoms with Crippen LogP contribution in [0.2, 0.25) is 0 Å². The van der Waals surface area contributed by atoms with E-state index >= 15 is 0 Å². The second-order valence-electron chi connectivity index (χ2n) is 3.91. The molecule has 1 aliphatic rings. The third-order valence-electron chi connectivity index (χ3n) is 3.13. The molecular formula is C14H32. The fraction of sp³-hybridized carbons (Fsp3) is 1.00. The van der Waals surface area contributed by atoms with Gasteiger partial charge in [-0.25, -0.2) is 0 Å². The van der Waals surface area contributed by atoms with Crippen LogP contribution in [-0.4, -0.2) is 0 Å². The van der Waals surface area contributed by atoms with Crippen molar-refractivity contribution >= 4 is 0 Å². The van der Waals surface area contributed by atoms with E-state index in [9.17, 15) is 0 Å². The fourth-order valence-corrected chi connectivity index (χ4v) is 2.51. The zero-order valence-corrected chi connectivity index (χ0v) is 11.6. The first-order valence-electron chi connectivity index (χ1n) is 6.77. The summed E-state index contributed by atoms with van der Waals surface area (Å²) >= 11 is 0. The van der Waals surface area contributed by atoms with E-state index in [0.29, 0.717) is 0 Å². The van der Waals surface area contributed by atoms with Crippen molar-refractivity contribution in [3.63, 3.8) is 0 Å². The van der Waals surface area contributed by atoms with Crippen LogP contribution in [0.3, 0.4) is 0 Å². The molecule has 1 saturated carbocycles. The summed E-state index contributed by atoms with van der Waals surface area (Å²) in [4.78, 5) is 0. The summed E-state index contributed by atoms with van der Waals surface area (Å²) in [6, 6.07) is 0. The molecule has 0 saturated heterocycles. The second kappa shape index (κ2) is 11.1. The lowest BCUT2D eigenvalue weighted by Crippen LogP contribution is -2.04. The van der Waals surface area contributed by atoms with Crippen molar-refractivity contribution < 1.29 is 0 Å². The predicted molar refractivity (Wildman–Crippen MR) is 68.7 cm³/mol. The average molecular weight is 200 g/mol. The smallest absolute Gasteiger partial charge is 0.0386 e. The van der Waals surface area contributed by atoms with Crippen LogP contribution < -0.4 is 0 Å². The summed E-state index contributed by atoms with van der Waals surface area (Å²) in [6.07, 6.45) is 5.80. The van der Waals surface area contributed by atoms with Crippen LogP contribution in [0.5, 0.6) is 0 Å². The summed E-state index contributed by atoms with van der Waals surface area (Å²) in [7, 11) is 0. The largest absolute Gasteiger partial charge is 0.0683 e. The Balaban J connectivity index is 0. The molecule has 2 unspecified atom stereocenters. The van der Waals surface area contributed by atoms with E-state index in [4.69, 9.17) is 0 Å². The maximum atomic E-state index is 2.40. The fourth-order valence-electron chi connectivity index (χ4n) is 2.51. The minimum atomic E-state index is 1.01. The lowest BCUT2D eigenvalue weighted by molar-refractivity contribution is 0.367. The van der Waals surface area contributed by atoms with Crippen molar-refractivity contribution in [2.24, 2.45) is 17.8 Å². The summed E-state index contributed by atoms with van der Waals surface area (Å²) in [5, 5.41) is 0. The van der Waals surface area contributed by atoms with Crippen molar-refractivity contribution in [1.29, 1.82) is 0 Å². The van der Waals surface area contributed by atoms with E-state index in [0.717, 1.165) is 17.8 Å². The van der Waals surface area contributed by atoms with E-state index in [1.807, 2.05) is 27.7 Å². The molecule has 0 aromatic rings. The zero-order valence-electron chi connectivity index (χ0n) is 11.6. The molecule has 0 bridgehead atoms. The Morgan fingerprint density at radius 2 is 1.07 bits per heavy atom. The van der Waals surface area contributed by atoms with Crippen molar-refractivity contribution in [1.82, 2.24) is 0 Å². The van der Waals surface area contributed by atoms with Crippen molar-refractivity contribution in [3.8, 4) is 0 Å². The Kier molecular flexibility index (Phi) is 13.0. The Hall–Kier alpha value is 0. The third kappa shape index (κ3) is 5.67. The molecule has 0 aromatic heterocycles. The Morgan fingerprint density at radius 1 is 0.786 bits per heavy atom. The molecule has 88 valence electrons. The topological polar surface area (TPSA) is 0 Å². The molecular weight excluding hydrogens is 168 g/mol. The predicted octanol–water partition coefficient (Wildman–Crippen LogP) is 5.52. The third-order valence-corrected chi connectivity index (χ3v) is 3.13. The van der Waals surface area contributed by atoms with Gasteiger partial charge < -0.3 is 0 Å². The molecule has 0 nitrogen and oxygen atoms in total. The summed E-state index contributed by atoms with van der Waals surface area (Å²) in [5.74, 6) is 3.12. The van der Waals surface area contributed by atoms with Gasteiger partial charge in [-0.2, -0.15) is 0 Å². The maximum Gasteiger partial charge on any atom is -0.0386 e. The lowest BCUT2D eigenvalue weighted by Gasteiger charge is -2.14. The summed E-state index contributed by atoms with van der Waals surface area (Å²) < 4.78 is 0. The Morgan fingerprint density at radius 3 is 1.29 bits per heavy atom. The molecule has 1 fully saturated rings. The first kappa shape index (κ1) is 16.4. The second-order valence-corrected chi connectivity index (χ2v) is 3.91. The van der Waals surface area contributed by atoms with Crippen LogP contribution >= 0.6 is 0 Å². The van der Waals surface area contributed by atoms with Crippen molar-refractivity contribution in [3.05, 3.63) is 0 Å². The Labute approximate surface area is 92.5 Å². The lowest BCUT2D eigenvalue weighted by atomic mass is 9.92. The van der Waals surface area contributed by atoms with Gasteiger partial charge in [0.2, 0.25) is 0 Å². The van der Waals surface area contributed by atoms with Gasteiger partial charge in [-0.15, -0.1) is 0 Å². The first-order valence-corrected chi connectivity index (χ1v) is 6.77. The van der Waals surface area contributed by atoms with E-state index in [-0.39, 0.29) is 0 Å².